The molecule has 0 spiro atoms. The third-order valence-electron chi connectivity index (χ3n) is 7.60. The average molecular weight is 508 g/mol. The molecule has 38 heavy (non-hydrogen) atoms. The molecule has 0 aliphatic carbocycles. The van der Waals surface area contributed by atoms with E-state index in [1.807, 2.05) is 77.7 Å². The van der Waals surface area contributed by atoms with Gasteiger partial charge in [0.1, 0.15) is 17.0 Å². The number of carbonyl (C=O) groups excluding carboxylic acids is 1. The van der Waals surface area contributed by atoms with Crippen molar-refractivity contribution in [3.63, 3.8) is 0 Å². The van der Waals surface area contributed by atoms with Crippen LogP contribution in [0.5, 0.6) is 5.75 Å². The van der Waals surface area contributed by atoms with E-state index in [1.165, 1.54) is 6.07 Å². The number of nitriles is 1. The minimum atomic E-state index is -1.42. The molecule has 1 heterocycles. The molecular formula is C32H30FN3O2. The van der Waals surface area contributed by atoms with E-state index in [2.05, 4.69) is 6.07 Å². The Bertz CT molecular complexity index is 1500. The van der Waals surface area contributed by atoms with Crippen LogP contribution in [-0.4, -0.2) is 44.1 Å². The molecule has 5 nitrogen and oxygen atoms in total. The monoisotopic (exact) mass is 507 g/mol. The van der Waals surface area contributed by atoms with Crippen molar-refractivity contribution in [2.45, 2.75) is 12.8 Å². The zero-order chi connectivity index (χ0) is 26.7. The molecule has 5 rings (SSSR count). The van der Waals surface area contributed by atoms with Crippen LogP contribution in [0.3, 0.4) is 0 Å². The minimum absolute atomic E-state index is 0.239. The summed E-state index contributed by atoms with van der Waals surface area (Å²) in [6.45, 7) is 3.51. The van der Waals surface area contributed by atoms with Gasteiger partial charge in [-0.05, 0) is 41.5 Å². The Morgan fingerprint density at radius 2 is 1.53 bits per heavy atom. The Labute approximate surface area is 222 Å². The third-order valence-corrected chi connectivity index (χ3v) is 7.60. The fourth-order valence-corrected chi connectivity index (χ4v) is 5.62. The number of halogens is 1. The number of benzene rings is 4. The molecule has 1 aliphatic rings. The van der Waals surface area contributed by atoms with Crippen LogP contribution in [0.15, 0.2) is 91.0 Å². The second-order valence-electron chi connectivity index (χ2n) is 9.79. The van der Waals surface area contributed by atoms with Crippen LogP contribution in [0, 0.1) is 22.6 Å². The molecular weight excluding hydrogens is 477 g/mol. The lowest BCUT2D eigenvalue weighted by atomic mass is 9.68. The molecule has 1 saturated heterocycles. The maximum Gasteiger partial charge on any atom is 0.243 e. The molecule has 0 bridgehead atoms. The quantitative estimate of drug-likeness (QED) is 0.321. The zero-order valence-electron chi connectivity index (χ0n) is 21.6. The van der Waals surface area contributed by atoms with Gasteiger partial charge >= 0.3 is 0 Å². The first kappa shape index (κ1) is 25.3. The van der Waals surface area contributed by atoms with Gasteiger partial charge in [0.25, 0.3) is 0 Å². The minimum Gasteiger partial charge on any atom is -0.496 e. The number of anilines is 1. The van der Waals surface area contributed by atoms with E-state index in [0.29, 0.717) is 37.6 Å². The van der Waals surface area contributed by atoms with E-state index in [9.17, 15) is 14.4 Å². The van der Waals surface area contributed by atoms with Crippen LogP contribution in [0.2, 0.25) is 0 Å². The summed E-state index contributed by atoms with van der Waals surface area (Å²) < 4.78 is 20.1. The predicted octanol–water partition coefficient (Wildman–Crippen LogP) is 6.00. The molecule has 192 valence electrons. The van der Waals surface area contributed by atoms with E-state index in [0.717, 1.165) is 21.9 Å². The lowest BCUT2D eigenvalue weighted by Gasteiger charge is -2.41. The highest BCUT2D eigenvalue weighted by Crippen LogP contribution is 2.47. The lowest BCUT2D eigenvalue weighted by molar-refractivity contribution is -0.139. The highest BCUT2D eigenvalue weighted by Gasteiger charge is 2.47. The van der Waals surface area contributed by atoms with Crippen LogP contribution >= 0.6 is 0 Å². The van der Waals surface area contributed by atoms with Crippen molar-refractivity contribution < 1.29 is 13.9 Å². The summed E-state index contributed by atoms with van der Waals surface area (Å²) >= 11 is 0. The predicted molar refractivity (Wildman–Crippen MR) is 148 cm³/mol. The van der Waals surface area contributed by atoms with Gasteiger partial charge < -0.3 is 14.5 Å². The van der Waals surface area contributed by atoms with Gasteiger partial charge in [-0.3, -0.25) is 4.79 Å². The van der Waals surface area contributed by atoms with Gasteiger partial charge in [0.05, 0.1) is 18.9 Å². The van der Waals surface area contributed by atoms with E-state index in [1.54, 1.807) is 31.1 Å². The molecule has 6 heteroatoms. The Hall–Kier alpha value is -4.37. The topological polar surface area (TPSA) is 56.6 Å². The molecule has 2 atom stereocenters. The number of nitrogens with zero attached hydrogens (tertiary/aromatic N) is 3. The average Bonchev–Trinajstić information content (AvgIpc) is 2.97. The van der Waals surface area contributed by atoms with E-state index in [4.69, 9.17) is 4.74 Å². The summed E-state index contributed by atoms with van der Waals surface area (Å²) in [5, 5.41) is 12.7. The Morgan fingerprint density at radius 1 is 0.895 bits per heavy atom. The Kier molecular flexibility index (Phi) is 7.02. The zero-order valence-corrected chi connectivity index (χ0v) is 21.6. The fraction of sp³-hybridized carbons (Fsp3) is 0.250. The van der Waals surface area contributed by atoms with Crippen LogP contribution < -0.4 is 9.64 Å². The molecule has 1 amide bonds. The van der Waals surface area contributed by atoms with Crippen LogP contribution in [0.4, 0.5) is 10.1 Å². The second-order valence-corrected chi connectivity index (χ2v) is 9.79. The van der Waals surface area contributed by atoms with Crippen LogP contribution in [-0.2, 0) is 4.79 Å². The van der Waals surface area contributed by atoms with Crippen LogP contribution in [0.1, 0.15) is 24.0 Å². The highest BCUT2D eigenvalue weighted by atomic mass is 19.1. The summed E-state index contributed by atoms with van der Waals surface area (Å²) in [6.07, 6.45) is 0. The smallest absolute Gasteiger partial charge is 0.243 e. The van der Waals surface area contributed by atoms with E-state index < -0.39 is 11.3 Å². The van der Waals surface area contributed by atoms with Crippen molar-refractivity contribution in [1.82, 2.24) is 4.90 Å². The SMILES string of the molecule is COc1ccccc1[C@H](c1cccc2ccccc12)C(C)(C#N)C(=O)N1CCN(c2ccccc2F)CC1. The maximum atomic E-state index is 14.4. The number of ether oxygens (including phenoxy) is 1. The van der Waals surface area contributed by atoms with Crippen molar-refractivity contribution in [2.75, 3.05) is 38.2 Å². The number of fused-ring (bicyclic) bond motifs is 1. The van der Waals surface area contributed by atoms with Gasteiger partial charge in [-0.1, -0.05) is 72.8 Å². The van der Waals surface area contributed by atoms with Gasteiger partial charge in [0.2, 0.25) is 5.91 Å². The molecule has 0 aromatic heterocycles. The van der Waals surface area contributed by atoms with Crippen molar-refractivity contribution in [3.05, 3.63) is 108 Å². The van der Waals surface area contributed by atoms with Crippen molar-refractivity contribution >= 4 is 22.4 Å². The maximum absolute atomic E-state index is 14.4. The first-order chi connectivity index (χ1) is 18.5. The standard InChI is InChI=1S/C32H30FN3O2/c1-32(22-34,31(37)36-20-18-35(19-21-36)28-16-7-6-15-27(28)33)30(26-13-5-8-17-29(26)38-2)25-14-9-11-23-10-3-4-12-24(23)25/h3-17,30H,18-21H2,1-2H3/t30-,32?/m0/s1. The number of rotatable bonds is 6. The van der Waals surface area contributed by atoms with Gasteiger partial charge in [-0.15, -0.1) is 0 Å². The van der Waals surface area contributed by atoms with Gasteiger partial charge in [-0.2, -0.15) is 5.26 Å². The van der Waals surface area contributed by atoms with Crippen molar-refractivity contribution in [1.29, 1.82) is 5.26 Å². The van der Waals surface area contributed by atoms with Crippen molar-refractivity contribution in [2.24, 2.45) is 5.41 Å². The van der Waals surface area contributed by atoms with Crippen molar-refractivity contribution in [3.8, 4) is 11.8 Å². The van der Waals surface area contributed by atoms with Gasteiger partial charge in [0, 0.05) is 37.7 Å². The second kappa shape index (κ2) is 10.5. The number of piperazine rings is 1. The molecule has 0 radical (unpaired) electrons. The largest absolute Gasteiger partial charge is 0.496 e. The van der Waals surface area contributed by atoms with E-state index >= 15 is 0 Å². The third kappa shape index (κ3) is 4.45. The highest BCUT2D eigenvalue weighted by molar-refractivity contribution is 5.91. The van der Waals surface area contributed by atoms with E-state index in [-0.39, 0.29) is 11.7 Å². The van der Waals surface area contributed by atoms with Gasteiger partial charge in [-0.25, -0.2) is 4.39 Å². The summed E-state index contributed by atoms with van der Waals surface area (Å²) in [4.78, 5) is 17.9. The number of hydrogen-bond acceptors (Lipinski definition) is 4. The molecule has 1 unspecified atom stereocenters. The summed E-state index contributed by atoms with van der Waals surface area (Å²) in [5.41, 5.74) is 0.799. The number of amides is 1. The molecule has 1 aliphatic heterocycles. The number of hydrogen-bond donors (Lipinski definition) is 0. The molecule has 0 N–H and O–H groups in total. The summed E-state index contributed by atoms with van der Waals surface area (Å²) in [6, 6.07) is 30.7. The number of carbonyl (C=O) groups is 1. The molecule has 1 fully saturated rings. The lowest BCUT2D eigenvalue weighted by Crippen LogP contribution is -2.54. The first-order valence-corrected chi connectivity index (χ1v) is 12.8. The first-order valence-electron chi connectivity index (χ1n) is 12.8. The summed E-state index contributed by atoms with van der Waals surface area (Å²) in [5.74, 6) is -0.464. The fourth-order valence-electron chi connectivity index (χ4n) is 5.62. The Balaban J connectivity index is 1.55. The van der Waals surface area contributed by atoms with Crippen LogP contribution in [0.25, 0.3) is 10.8 Å². The molecule has 4 aromatic carbocycles. The Morgan fingerprint density at radius 3 is 2.26 bits per heavy atom. The summed E-state index contributed by atoms with van der Waals surface area (Å²) in [7, 11) is 1.60. The number of para-hydroxylation sites is 2. The normalized spacial score (nSPS) is 15.9. The molecule has 0 saturated carbocycles. The number of methoxy groups -OCH3 is 1. The van der Waals surface area contributed by atoms with Gasteiger partial charge in [0.15, 0.2) is 0 Å². The molecule has 4 aromatic rings.